The maximum Gasteiger partial charge on any atom is 0.266 e. The number of nitrogens with zero attached hydrogens (tertiary/aromatic N) is 3. The first-order chi connectivity index (χ1) is 16.5. The van der Waals surface area contributed by atoms with E-state index < -0.39 is 0 Å². The number of hydrogen-bond donors (Lipinski definition) is 0. The minimum absolute atomic E-state index is 0.0760. The van der Waals surface area contributed by atoms with Crippen molar-refractivity contribution in [2.75, 3.05) is 26.9 Å². The highest BCUT2D eigenvalue weighted by Gasteiger charge is 2.32. The number of carbonyl (C=O) groups excluding carboxylic acids is 1. The number of thiocarbonyl (C=S) groups is 1. The topological polar surface area (TPSA) is 56.6 Å². The molecule has 0 unspecified atom stereocenters. The van der Waals surface area contributed by atoms with Crippen LogP contribution < -0.4 is 4.74 Å². The summed E-state index contributed by atoms with van der Waals surface area (Å²) in [4.78, 5) is 15.3. The second kappa shape index (κ2) is 11.0. The number of thioether (sulfide) groups is 1. The van der Waals surface area contributed by atoms with E-state index in [1.165, 1.54) is 11.8 Å². The van der Waals surface area contributed by atoms with E-state index >= 15 is 0 Å². The molecule has 1 amide bonds. The van der Waals surface area contributed by atoms with Crippen molar-refractivity contribution in [2.45, 2.75) is 20.3 Å². The van der Waals surface area contributed by atoms with Crippen LogP contribution in [0.1, 0.15) is 24.5 Å². The summed E-state index contributed by atoms with van der Waals surface area (Å²) < 4.78 is 13.2. The molecule has 1 aliphatic heterocycles. The number of para-hydroxylation sites is 1. The molecule has 34 heavy (non-hydrogen) atoms. The number of rotatable bonds is 9. The zero-order valence-electron chi connectivity index (χ0n) is 19.5. The van der Waals surface area contributed by atoms with Gasteiger partial charge in [-0.15, -0.1) is 0 Å². The van der Waals surface area contributed by atoms with Gasteiger partial charge in [-0.1, -0.05) is 42.2 Å². The van der Waals surface area contributed by atoms with Crippen LogP contribution in [0.25, 0.3) is 23.0 Å². The third-order valence-electron chi connectivity index (χ3n) is 5.42. The van der Waals surface area contributed by atoms with Gasteiger partial charge in [0.15, 0.2) is 0 Å². The van der Waals surface area contributed by atoms with Gasteiger partial charge in [-0.25, -0.2) is 4.68 Å². The van der Waals surface area contributed by atoms with E-state index in [-0.39, 0.29) is 5.91 Å². The Morgan fingerprint density at radius 3 is 2.68 bits per heavy atom. The molecule has 2 heterocycles. The van der Waals surface area contributed by atoms with Crippen molar-refractivity contribution >= 4 is 40.3 Å². The summed E-state index contributed by atoms with van der Waals surface area (Å²) in [6.07, 6.45) is 4.59. The second-order valence-electron chi connectivity index (χ2n) is 7.80. The van der Waals surface area contributed by atoms with Crippen molar-refractivity contribution in [3.63, 3.8) is 0 Å². The molecule has 0 N–H and O–H groups in total. The summed E-state index contributed by atoms with van der Waals surface area (Å²) in [6, 6.07) is 15.9. The lowest BCUT2D eigenvalue weighted by Gasteiger charge is -2.13. The quantitative estimate of drug-likeness (QED) is 0.223. The van der Waals surface area contributed by atoms with Crippen molar-refractivity contribution in [3.05, 3.63) is 70.8 Å². The number of amides is 1. The molecule has 0 saturated carbocycles. The van der Waals surface area contributed by atoms with Crippen LogP contribution >= 0.6 is 24.0 Å². The zero-order chi connectivity index (χ0) is 24.1. The first-order valence-corrected chi connectivity index (χ1v) is 12.4. The molecule has 0 radical (unpaired) electrons. The number of hydrogen-bond acceptors (Lipinski definition) is 6. The average molecular weight is 494 g/mol. The Hall–Kier alpha value is -2.94. The number of aromatic nitrogens is 2. The minimum atomic E-state index is -0.0760. The van der Waals surface area contributed by atoms with E-state index in [1.54, 1.807) is 12.0 Å². The van der Waals surface area contributed by atoms with Crippen molar-refractivity contribution < 1.29 is 14.3 Å². The molecule has 0 spiro atoms. The van der Waals surface area contributed by atoms with Crippen LogP contribution in [0.15, 0.2) is 59.6 Å². The van der Waals surface area contributed by atoms with Gasteiger partial charge in [-0.05, 0) is 62.2 Å². The summed E-state index contributed by atoms with van der Waals surface area (Å²) in [6.45, 7) is 5.75. The highest BCUT2D eigenvalue weighted by atomic mass is 32.2. The minimum Gasteiger partial charge on any atom is -0.494 e. The van der Waals surface area contributed by atoms with Crippen molar-refractivity contribution in [1.82, 2.24) is 14.7 Å². The van der Waals surface area contributed by atoms with Crippen LogP contribution in [-0.4, -0.2) is 51.8 Å². The Labute approximate surface area is 209 Å². The Balaban J connectivity index is 1.74. The van der Waals surface area contributed by atoms with Gasteiger partial charge in [-0.2, -0.15) is 5.10 Å². The number of benzene rings is 2. The molecule has 0 bridgehead atoms. The van der Waals surface area contributed by atoms with Crippen LogP contribution in [0, 0.1) is 6.92 Å². The second-order valence-corrected chi connectivity index (χ2v) is 9.48. The first kappa shape index (κ1) is 24.2. The normalized spacial score (nSPS) is 14.9. The molecule has 0 atom stereocenters. The zero-order valence-corrected chi connectivity index (χ0v) is 21.1. The number of aryl methyl sites for hydroxylation is 1. The fourth-order valence-electron chi connectivity index (χ4n) is 3.77. The van der Waals surface area contributed by atoms with Crippen molar-refractivity contribution in [1.29, 1.82) is 0 Å². The Morgan fingerprint density at radius 2 is 1.97 bits per heavy atom. The lowest BCUT2D eigenvalue weighted by atomic mass is 10.0. The van der Waals surface area contributed by atoms with Gasteiger partial charge in [0.05, 0.1) is 17.2 Å². The SMILES string of the molecule is CCOc1ccc(-c2nn(-c3ccccc3)cc2/C=C2\SC(=S)N(CCCOC)C2=O)c(C)c1. The van der Waals surface area contributed by atoms with Crippen LogP contribution in [0.4, 0.5) is 0 Å². The van der Waals surface area contributed by atoms with E-state index in [9.17, 15) is 4.79 Å². The third-order valence-corrected chi connectivity index (χ3v) is 6.80. The highest BCUT2D eigenvalue weighted by Crippen LogP contribution is 2.36. The first-order valence-electron chi connectivity index (χ1n) is 11.1. The molecule has 176 valence electrons. The molecule has 1 saturated heterocycles. The number of methoxy groups -OCH3 is 1. The molecule has 1 aromatic heterocycles. The third kappa shape index (κ3) is 5.24. The van der Waals surface area contributed by atoms with Gasteiger partial charge in [-0.3, -0.25) is 9.69 Å². The predicted molar refractivity (Wildman–Crippen MR) is 141 cm³/mol. The summed E-state index contributed by atoms with van der Waals surface area (Å²) >= 11 is 6.81. The Kier molecular flexibility index (Phi) is 7.82. The molecule has 8 heteroatoms. The Morgan fingerprint density at radius 1 is 1.18 bits per heavy atom. The molecular weight excluding hydrogens is 466 g/mol. The summed E-state index contributed by atoms with van der Waals surface area (Å²) in [5.41, 5.74) is 4.63. The predicted octanol–water partition coefficient (Wildman–Crippen LogP) is 5.48. The lowest BCUT2D eigenvalue weighted by Crippen LogP contribution is -2.29. The maximum atomic E-state index is 13.1. The van der Waals surface area contributed by atoms with E-state index in [2.05, 4.69) is 0 Å². The van der Waals surface area contributed by atoms with Crippen LogP contribution in [-0.2, 0) is 9.53 Å². The van der Waals surface area contributed by atoms with Gasteiger partial charge >= 0.3 is 0 Å². The summed E-state index contributed by atoms with van der Waals surface area (Å²) in [7, 11) is 1.65. The molecule has 1 fully saturated rings. The Bertz CT molecular complexity index is 1220. The standard InChI is InChI=1S/C26H27N3O3S2/c1-4-32-21-11-12-22(18(2)15-21)24-19(17-29(27-24)20-9-6-5-7-10-20)16-23-25(30)28(26(33)34-23)13-8-14-31-3/h5-7,9-12,15-17H,4,8,13-14H2,1-3H3/b23-16-. The molecule has 2 aromatic carbocycles. The average Bonchev–Trinajstić information content (AvgIpc) is 3.36. The number of carbonyl (C=O) groups is 1. The largest absolute Gasteiger partial charge is 0.494 e. The van der Waals surface area contributed by atoms with Crippen LogP contribution in [0.5, 0.6) is 5.75 Å². The van der Waals surface area contributed by atoms with E-state index in [0.717, 1.165) is 40.2 Å². The van der Waals surface area contributed by atoms with E-state index in [1.807, 2.05) is 79.3 Å². The van der Waals surface area contributed by atoms with Gasteiger partial charge in [0, 0.05) is 37.6 Å². The molecule has 1 aliphatic rings. The molecule has 4 rings (SSSR count). The van der Waals surface area contributed by atoms with E-state index in [0.29, 0.717) is 29.0 Å². The van der Waals surface area contributed by atoms with Gasteiger partial charge in [0.25, 0.3) is 5.91 Å². The molecule has 0 aliphatic carbocycles. The van der Waals surface area contributed by atoms with Crippen LogP contribution in [0.3, 0.4) is 0 Å². The molecule has 6 nitrogen and oxygen atoms in total. The number of ether oxygens (including phenoxy) is 2. The maximum absolute atomic E-state index is 13.1. The summed E-state index contributed by atoms with van der Waals surface area (Å²) in [5.74, 6) is 0.748. The fraction of sp³-hybridized carbons (Fsp3) is 0.269. The van der Waals surface area contributed by atoms with Gasteiger partial charge in [0.2, 0.25) is 0 Å². The summed E-state index contributed by atoms with van der Waals surface area (Å²) in [5, 5.41) is 4.90. The van der Waals surface area contributed by atoms with Gasteiger partial charge in [0.1, 0.15) is 15.8 Å². The molecular formula is C26H27N3O3S2. The van der Waals surface area contributed by atoms with Crippen molar-refractivity contribution in [2.24, 2.45) is 0 Å². The molecule has 3 aromatic rings. The lowest BCUT2D eigenvalue weighted by molar-refractivity contribution is -0.122. The highest BCUT2D eigenvalue weighted by molar-refractivity contribution is 8.26. The monoisotopic (exact) mass is 493 g/mol. The van der Waals surface area contributed by atoms with Gasteiger partial charge < -0.3 is 9.47 Å². The van der Waals surface area contributed by atoms with E-state index in [4.69, 9.17) is 26.8 Å². The smallest absolute Gasteiger partial charge is 0.266 e. The van der Waals surface area contributed by atoms with Crippen LogP contribution in [0.2, 0.25) is 0 Å². The fourth-order valence-corrected chi connectivity index (χ4v) is 5.07. The van der Waals surface area contributed by atoms with Crippen molar-refractivity contribution in [3.8, 4) is 22.7 Å².